The largest absolute Gasteiger partial charge is 0.384 e. The molecule has 0 bridgehead atoms. The van der Waals surface area contributed by atoms with Crippen LogP contribution in [-0.4, -0.2) is 71.7 Å². The topological polar surface area (TPSA) is 124 Å². The molecule has 4 heterocycles. The van der Waals surface area contributed by atoms with E-state index < -0.39 is 6.10 Å². The highest BCUT2D eigenvalue weighted by Crippen LogP contribution is 2.26. The smallest absolute Gasteiger partial charge is 0.251 e. The van der Waals surface area contributed by atoms with E-state index >= 15 is 0 Å². The van der Waals surface area contributed by atoms with Gasteiger partial charge in [0.2, 0.25) is 0 Å². The fourth-order valence-electron chi connectivity index (χ4n) is 4.03. The Morgan fingerprint density at radius 2 is 2.06 bits per heavy atom. The molecule has 3 aromatic heterocycles. The summed E-state index contributed by atoms with van der Waals surface area (Å²) in [6, 6.07) is 2.31. The van der Waals surface area contributed by atoms with E-state index in [-0.39, 0.29) is 11.9 Å². The van der Waals surface area contributed by atoms with Crippen molar-refractivity contribution >= 4 is 23.2 Å². The number of nitrogens with zero attached hydrogens (tertiary/aromatic N) is 6. The lowest BCUT2D eigenvalue weighted by atomic mass is 10.1. The SMILES string of the molecule is CCC(CC)n1cc(-c2nc(/C(C=N)=C/NC3CN(C(=O)C(C)O)C3)cn3nccc23)cn1. The Morgan fingerprint density at radius 1 is 1.30 bits per heavy atom. The molecule has 0 aliphatic carbocycles. The van der Waals surface area contributed by atoms with Crippen molar-refractivity contribution < 1.29 is 9.90 Å². The van der Waals surface area contributed by atoms with Gasteiger partial charge in [0, 0.05) is 42.8 Å². The second-order valence-electron chi connectivity index (χ2n) is 8.34. The molecule has 0 radical (unpaired) electrons. The molecule has 0 aromatic carbocycles. The number of likely N-dealkylation sites (tertiary alicyclic amines) is 1. The number of nitrogens with one attached hydrogen (secondary N) is 2. The van der Waals surface area contributed by atoms with Crippen molar-refractivity contribution in [2.75, 3.05) is 13.1 Å². The number of fused-ring (bicyclic) bond motifs is 1. The molecular formula is C23H30N8O2. The molecule has 1 atom stereocenters. The van der Waals surface area contributed by atoms with Crippen LogP contribution in [0.25, 0.3) is 22.3 Å². The van der Waals surface area contributed by atoms with Gasteiger partial charge in [-0.1, -0.05) is 13.8 Å². The molecule has 1 amide bonds. The molecule has 0 spiro atoms. The van der Waals surface area contributed by atoms with Crippen LogP contribution in [0.5, 0.6) is 0 Å². The molecule has 1 saturated heterocycles. The number of hydrogen-bond donors (Lipinski definition) is 3. The van der Waals surface area contributed by atoms with E-state index in [9.17, 15) is 9.90 Å². The van der Waals surface area contributed by atoms with E-state index in [1.807, 2.05) is 23.1 Å². The minimum absolute atomic E-state index is 0.0637. The molecule has 4 rings (SSSR count). The normalized spacial score (nSPS) is 15.7. The van der Waals surface area contributed by atoms with Crippen molar-refractivity contribution in [1.29, 1.82) is 5.41 Å². The predicted molar refractivity (Wildman–Crippen MR) is 126 cm³/mol. The highest BCUT2D eigenvalue weighted by atomic mass is 16.3. The van der Waals surface area contributed by atoms with Crippen molar-refractivity contribution in [1.82, 2.24) is 34.6 Å². The molecule has 3 N–H and O–H groups in total. The summed E-state index contributed by atoms with van der Waals surface area (Å²) >= 11 is 0. The van der Waals surface area contributed by atoms with E-state index in [2.05, 4.69) is 29.4 Å². The molecule has 1 aliphatic rings. The highest BCUT2D eigenvalue weighted by Gasteiger charge is 2.31. The van der Waals surface area contributed by atoms with Crippen molar-refractivity contribution in [3.05, 3.63) is 42.7 Å². The third kappa shape index (κ3) is 4.51. The number of carbonyl (C=O) groups excluding carboxylic acids is 1. The maximum atomic E-state index is 11.8. The van der Waals surface area contributed by atoms with Gasteiger partial charge in [-0.2, -0.15) is 10.2 Å². The van der Waals surface area contributed by atoms with Crippen LogP contribution in [0, 0.1) is 5.41 Å². The van der Waals surface area contributed by atoms with Crippen LogP contribution in [-0.2, 0) is 4.79 Å². The lowest BCUT2D eigenvalue weighted by molar-refractivity contribution is -0.144. The summed E-state index contributed by atoms with van der Waals surface area (Å²) in [7, 11) is 0. The third-order valence-electron chi connectivity index (χ3n) is 6.06. The first-order valence-electron chi connectivity index (χ1n) is 11.3. The summed E-state index contributed by atoms with van der Waals surface area (Å²) in [5.74, 6) is -0.270. The molecular weight excluding hydrogens is 420 g/mol. The standard InChI is InChI=1S/C23H30N8O2/c1-4-19(5-2)30-11-17(10-27-30)22-21-6-7-26-31(21)14-20(28-22)16(8-24)9-25-18-12-29(13-18)23(33)15(3)32/h6-11,14-15,18-19,24-25,32H,4-5,12-13H2,1-3H3/b16-9+,24-8?. The number of hydrogen-bond acceptors (Lipinski definition) is 7. The van der Waals surface area contributed by atoms with Crippen LogP contribution in [0.2, 0.25) is 0 Å². The quantitative estimate of drug-likeness (QED) is 0.429. The Hall–Kier alpha value is -3.53. The Morgan fingerprint density at radius 3 is 2.73 bits per heavy atom. The van der Waals surface area contributed by atoms with Gasteiger partial charge in [-0.25, -0.2) is 9.50 Å². The van der Waals surface area contributed by atoms with Crippen LogP contribution >= 0.6 is 0 Å². The summed E-state index contributed by atoms with van der Waals surface area (Å²) in [5.41, 5.74) is 3.73. The minimum atomic E-state index is -0.990. The van der Waals surface area contributed by atoms with Gasteiger partial charge in [0.05, 0.1) is 47.6 Å². The maximum Gasteiger partial charge on any atom is 0.251 e. The van der Waals surface area contributed by atoms with Gasteiger partial charge in [0.15, 0.2) is 0 Å². The first kappa shape index (κ1) is 22.7. The van der Waals surface area contributed by atoms with Crippen LogP contribution < -0.4 is 5.32 Å². The zero-order valence-electron chi connectivity index (χ0n) is 19.1. The van der Waals surface area contributed by atoms with Gasteiger partial charge in [0.1, 0.15) is 6.10 Å². The predicted octanol–water partition coefficient (Wildman–Crippen LogP) is 2.13. The van der Waals surface area contributed by atoms with Crippen LogP contribution in [0.15, 0.2) is 37.1 Å². The van der Waals surface area contributed by atoms with Crippen LogP contribution in [0.3, 0.4) is 0 Å². The van der Waals surface area contributed by atoms with Gasteiger partial charge in [-0.15, -0.1) is 0 Å². The van der Waals surface area contributed by atoms with Crippen LogP contribution in [0.4, 0.5) is 0 Å². The van der Waals surface area contributed by atoms with Crippen molar-refractivity contribution in [3.63, 3.8) is 0 Å². The minimum Gasteiger partial charge on any atom is -0.384 e. The van der Waals surface area contributed by atoms with Gasteiger partial charge in [-0.05, 0) is 25.8 Å². The molecule has 10 nitrogen and oxygen atoms in total. The van der Waals surface area contributed by atoms with Crippen molar-refractivity contribution in [2.24, 2.45) is 0 Å². The molecule has 10 heteroatoms. The zero-order valence-corrected chi connectivity index (χ0v) is 19.1. The van der Waals surface area contributed by atoms with E-state index in [1.54, 1.807) is 28.0 Å². The van der Waals surface area contributed by atoms with E-state index in [4.69, 9.17) is 10.4 Å². The van der Waals surface area contributed by atoms with E-state index in [0.717, 1.165) is 29.6 Å². The van der Waals surface area contributed by atoms with E-state index in [0.29, 0.717) is 30.4 Å². The average Bonchev–Trinajstić information content (AvgIpc) is 3.45. The zero-order chi connectivity index (χ0) is 23.5. The molecule has 3 aromatic rings. The molecule has 1 fully saturated rings. The lowest BCUT2D eigenvalue weighted by Gasteiger charge is -2.40. The number of aliphatic hydroxyl groups excluding tert-OH is 1. The first-order chi connectivity index (χ1) is 15.9. The summed E-state index contributed by atoms with van der Waals surface area (Å²) in [6.07, 6.45) is 11.4. The number of allylic oxidation sites excluding steroid dienone is 1. The molecule has 174 valence electrons. The molecule has 1 aliphatic heterocycles. The molecule has 0 saturated carbocycles. The number of aromatic nitrogens is 5. The number of rotatable bonds is 9. The fraction of sp³-hybridized carbons (Fsp3) is 0.435. The third-order valence-corrected chi connectivity index (χ3v) is 6.06. The Labute approximate surface area is 192 Å². The summed E-state index contributed by atoms with van der Waals surface area (Å²) in [4.78, 5) is 18.3. The summed E-state index contributed by atoms with van der Waals surface area (Å²) in [5, 5.41) is 29.5. The van der Waals surface area contributed by atoms with Gasteiger partial charge in [-0.3, -0.25) is 9.48 Å². The highest BCUT2D eigenvalue weighted by molar-refractivity contribution is 6.07. The summed E-state index contributed by atoms with van der Waals surface area (Å²) in [6.45, 7) is 6.80. The monoisotopic (exact) mass is 450 g/mol. The van der Waals surface area contributed by atoms with Gasteiger partial charge < -0.3 is 20.7 Å². The number of amides is 1. The fourth-order valence-corrected chi connectivity index (χ4v) is 4.03. The molecule has 1 unspecified atom stereocenters. The second-order valence-corrected chi connectivity index (χ2v) is 8.34. The van der Waals surface area contributed by atoms with Crippen LogP contribution in [0.1, 0.15) is 45.3 Å². The summed E-state index contributed by atoms with van der Waals surface area (Å²) < 4.78 is 3.75. The average molecular weight is 451 g/mol. The Kier molecular flexibility index (Phi) is 6.55. The maximum absolute atomic E-state index is 11.8. The van der Waals surface area contributed by atoms with Crippen molar-refractivity contribution in [2.45, 2.75) is 51.8 Å². The van der Waals surface area contributed by atoms with Gasteiger partial charge in [0.25, 0.3) is 5.91 Å². The Balaban J connectivity index is 1.59. The first-order valence-corrected chi connectivity index (χ1v) is 11.3. The van der Waals surface area contributed by atoms with E-state index in [1.165, 1.54) is 13.1 Å². The Bertz CT molecular complexity index is 1170. The van der Waals surface area contributed by atoms with Crippen molar-refractivity contribution in [3.8, 4) is 11.3 Å². The number of aliphatic hydroxyl groups is 1. The second kappa shape index (κ2) is 9.53. The lowest BCUT2D eigenvalue weighted by Crippen LogP contribution is -2.60. The number of carbonyl (C=O) groups is 1. The molecule has 33 heavy (non-hydrogen) atoms. The van der Waals surface area contributed by atoms with Gasteiger partial charge >= 0.3 is 0 Å².